The largest absolute Gasteiger partial charge is 0.207 e. The third-order valence-corrected chi connectivity index (χ3v) is 4.18. The summed E-state index contributed by atoms with van der Waals surface area (Å²) in [6, 6.07) is 8.81. The van der Waals surface area contributed by atoms with Crippen LogP contribution in [-0.2, 0) is 0 Å². The summed E-state index contributed by atoms with van der Waals surface area (Å²) < 4.78 is 13.0. The van der Waals surface area contributed by atoms with Crippen LogP contribution in [0.15, 0.2) is 30.3 Å². The van der Waals surface area contributed by atoms with Crippen LogP contribution in [0.2, 0.25) is 0 Å². The second kappa shape index (κ2) is 4.56. The lowest BCUT2D eigenvalue weighted by Crippen LogP contribution is -1.94. The van der Waals surface area contributed by atoms with Crippen LogP contribution in [-0.4, -0.2) is 0 Å². The zero-order valence-corrected chi connectivity index (χ0v) is 10.7. The topological polar surface area (TPSA) is 0 Å². The molecule has 0 nitrogen and oxygen atoms in total. The van der Waals surface area contributed by atoms with Gasteiger partial charge in [0.15, 0.2) is 0 Å². The number of benzene rings is 1. The normalized spacial score (nSPS) is 12.8. The molecule has 0 fully saturated rings. The van der Waals surface area contributed by atoms with Gasteiger partial charge < -0.3 is 0 Å². The molecule has 1 atom stereocenters. The van der Waals surface area contributed by atoms with Crippen LogP contribution in [0.4, 0.5) is 4.39 Å². The first kappa shape index (κ1) is 11.6. The maximum atomic E-state index is 13.0. The Morgan fingerprint density at radius 2 is 1.94 bits per heavy atom. The van der Waals surface area contributed by atoms with Gasteiger partial charge in [0, 0.05) is 9.75 Å². The molecule has 0 amide bonds. The fourth-order valence-corrected chi connectivity index (χ4v) is 2.99. The predicted molar refractivity (Wildman–Crippen MR) is 67.9 cm³/mol. The molecule has 16 heavy (non-hydrogen) atoms. The highest BCUT2D eigenvalue weighted by Gasteiger charge is 2.15. The molecule has 0 aliphatic heterocycles. The van der Waals surface area contributed by atoms with Crippen molar-refractivity contribution in [1.82, 2.24) is 0 Å². The minimum Gasteiger partial charge on any atom is -0.207 e. The molecular formula is C13H12ClFS. The smallest absolute Gasteiger partial charge is 0.123 e. The zero-order chi connectivity index (χ0) is 11.7. The van der Waals surface area contributed by atoms with Gasteiger partial charge in [-0.15, -0.1) is 22.9 Å². The predicted octanol–water partition coefficient (Wildman–Crippen LogP) is 4.83. The number of thiophene rings is 1. The van der Waals surface area contributed by atoms with E-state index in [0.717, 1.165) is 16.0 Å². The Hall–Kier alpha value is -0.860. The summed E-state index contributed by atoms with van der Waals surface area (Å²) in [5.74, 6) is -0.215. The number of hydrogen-bond donors (Lipinski definition) is 0. The van der Waals surface area contributed by atoms with Gasteiger partial charge in [-0.1, -0.05) is 6.07 Å². The second-order valence-electron chi connectivity index (χ2n) is 3.81. The van der Waals surface area contributed by atoms with Crippen LogP contribution in [0.5, 0.6) is 0 Å². The summed E-state index contributed by atoms with van der Waals surface area (Å²) in [6.07, 6.45) is 0. The van der Waals surface area contributed by atoms with E-state index in [1.807, 2.05) is 19.1 Å². The van der Waals surface area contributed by atoms with E-state index in [2.05, 4.69) is 6.92 Å². The highest BCUT2D eigenvalue weighted by Crippen LogP contribution is 2.35. The molecule has 0 radical (unpaired) electrons. The molecule has 2 rings (SSSR count). The zero-order valence-electron chi connectivity index (χ0n) is 9.13. The first-order valence-electron chi connectivity index (χ1n) is 5.04. The Bertz CT molecular complexity index is 504. The van der Waals surface area contributed by atoms with Gasteiger partial charge in [-0.25, -0.2) is 4.39 Å². The van der Waals surface area contributed by atoms with E-state index in [1.165, 1.54) is 17.0 Å². The van der Waals surface area contributed by atoms with E-state index in [0.29, 0.717) is 0 Å². The number of alkyl halides is 1. The highest BCUT2D eigenvalue weighted by molar-refractivity contribution is 7.12. The monoisotopic (exact) mass is 254 g/mol. The van der Waals surface area contributed by atoms with Gasteiger partial charge in [0.25, 0.3) is 0 Å². The standard InChI is InChI=1S/C13H12ClFS/c1-8-7-10(15)4-5-11(8)13(14)12-6-3-9(2)16-12/h3-7,13H,1-2H3. The van der Waals surface area contributed by atoms with Crippen LogP contribution in [0.3, 0.4) is 0 Å². The van der Waals surface area contributed by atoms with E-state index in [9.17, 15) is 4.39 Å². The van der Waals surface area contributed by atoms with Crippen molar-refractivity contribution in [3.05, 3.63) is 57.0 Å². The summed E-state index contributed by atoms with van der Waals surface area (Å²) in [5, 5.41) is -0.181. The minimum absolute atomic E-state index is 0.181. The van der Waals surface area contributed by atoms with Crippen molar-refractivity contribution in [3.63, 3.8) is 0 Å². The van der Waals surface area contributed by atoms with Crippen LogP contribution in [0.1, 0.15) is 26.3 Å². The maximum absolute atomic E-state index is 13.0. The second-order valence-corrected chi connectivity index (χ2v) is 5.57. The number of aryl methyl sites for hydroxylation is 2. The molecule has 0 saturated carbocycles. The quantitative estimate of drug-likeness (QED) is 0.673. The summed E-state index contributed by atoms with van der Waals surface area (Å²) in [5.41, 5.74) is 1.87. The molecule has 0 aliphatic carbocycles. The van der Waals surface area contributed by atoms with Crippen molar-refractivity contribution < 1.29 is 4.39 Å². The van der Waals surface area contributed by atoms with E-state index in [4.69, 9.17) is 11.6 Å². The van der Waals surface area contributed by atoms with E-state index in [-0.39, 0.29) is 11.2 Å². The first-order valence-corrected chi connectivity index (χ1v) is 6.29. The first-order chi connectivity index (χ1) is 7.58. The summed E-state index contributed by atoms with van der Waals surface area (Å²) >= 11 is 8.07. The molecule has 1 heterocycles. The van der Waals surface area contributed by atoms with Crippen LogP contribution in [0.25, 0.3) is 0 Å². The number of rotatable bonds is 2. The fourth-order valence-electron chi connectivity index (χ4n) is 1.67. The van der Waals surface area contributed by atoms with Crippen LogP contribution >= 0.6 is 22.9 Å². The third kappa shape index (κ3) is 2.28. The SMILES string of the molecule is Cc1ccc(C(Cl)c2ccc(F)cc2C)s1. The molecule has 0 bridgehead atoms. The van der Waals surface area contributed by atoms with Crippen molar-refractivity contribution in [2.45, 2.75) is 19.2 Å². The third-order valence-electron chi connectivity index (χ3n) is 2.52. The molecule has 84 valence electrons. The molecule has 1 aromatic carbocycles. The Balaban J connectivity index is 2.37. The summed E-state index contributed by atoms with van der Waals surface area (Å²) in [6.45, 7) is 3.93. The molecule has 0 aliphatic rings. The molecule has 2 aromatic rings. The van der Waals surface area contributed by atoms with Crippen LogP contribution < -0.4 is 0 Å². The minimum atomic E-state index is -0.215. The van der Waals surface area contributed by atoms with E-state index < -0.39 is 0 Å². The Morgan fingerprint density at radius 1 is 1.19 bits per heavy atom. The van der Waals surface area contributed by atoms with E-state index >= 15 is 0 Å². The Kier molecular flexibility index (Phi) is 3.31. The lowest BCUT2D eigenvalue weighted by Gasteiger charge is -2.11. The maximum Gasteiger partial charge on any atom is 0.123 e. The Morgan fingerprint density at radius 3 is 2.50 bits per heavy atom. The van der Waals surface area contributed by atoms with Gasteiger partial charge in [-0.05, 0) is 49.2 Å². The lowest BCUT2D eigenvalue weighted by molar-refractivity contribution is 0.625. The van der Waals surface area contributed by atoms with Crippen molar-refractivity contribution in [1.29, 1.82) is 0 Å². The van der Waals surface area contributed by atoms with Gasteiger partial charge >= 0.3 is 0 Å². The summed E-state index contributed by atoms with van der Waals surface area (Å²) in [7, 11) is 0. The molecule has 0 spiro atoms. The molecule has 3 heteroatoms. The molecular weight excluding hydrogens is 243 g/mol. The van der Waals surface area contributed by atoms with Gasteiger partial charge in [-0.2, -0.15) is 0 Å². The van der Waals surface area contributed by atoms with Gasteiger partial charge in [0.05, 0.1) is 5.38 Å². The molecule has 1 aromatic heterocycles. The van der Waals surface area contributed by atoms with Crippen molar-refractivity contribution in [2.24, 2.45) is 0 Å². The highest BCUT2D eigenvalue weighted by atomic mass is 35.5. The number of halogens is 2. The van der Waals surface area contributed by atoms with Crippen LogP contribution in [0, 0.1) is 19.7 Å². The number of hydrogen-bond acceptors (Lipinski definition) is 1. The van der Waals surface area contributed by atoms with Gasteiger partial charge in [-0.3, -0.25) is 0 Å². The average molecular weight is 255 g/mol. The van der Waals surface area contributed by atoms with Crippen molar-refractivity contribution in [3.8, 4) is 0 Å². The summed E-state index contributed by atoms with van der Waals surface area (Å²) in [4.78, 5) is 2.34. The molecule has 0 saturated heterocycles. The Labute approximate surface area is 104 Å². The van der Waals surface area contributed by atoms with Gasteiger partial charge in [0.1, 0.15) is 5.82 Å². The van der Waals surface area contributed by atoms with Crippen molar-refractivity contribution in [2.75, 3.05) is 0 Å². The molecule has 0 N–H and O–H groups in total. The molecule has 1 unspecified atom stereocenters. The van der Waals surface area contributed by atoms with Crippen molar-refractivity contribution >= 4 is 22.9 Å². The average Bonchev–Trinajstić information content (AvgIpc) is 2.64. The van der Waals surface area contributed by atoms with Gasteiger partial charge in [0.2, 0.25) is 0 Å². The fraction of sp³-hybridized carbons (Fsp3) is 0.231. The van der Waals surface area contributed by atoms with E-state index in [1.54, 1.807) is 17.4 Å². The lowest BCUT2D eigenvalue weighted by atomic mass is 10.0.